The lowest BCUT2D eigenvalue weighted by molar-refractivity contribution is -0.118. The fourth-order valence-corrected chi connectivity index (χ4v) is 2.14. The number of aromatic nitrogens is 2. The quantitative estimate of drug-likeness (QED) is 0.848. The van der Waals surface area contributed by atoms with Gasteiger partial charge in [-0.2, -0.15) is 0 Å². The highest BCUT2D eigenvalue weighted by Gasteiger charge is 2.20. The average molecular weight is 270 g/mol. The molecule has 0 spiro atoms. The molecule has 6 nitrogen and oxygen atoms in total. The summed E-state index contributed by atoms with van der Waals surface area (Å²) in [5.41, 5.74) is 7.98. The van der Waals surface area contributed by atoms with Crippen LogP contribution in [0.15, 0.2) is 30.6 Å². The Labute approximate surface area is 116 Å². The number of anilines is 2. The molecule has 2 heterocycles. The topological polar surface area (TPSA) is 81.3 Å². The van der Waals surface area contributed by atoms with Gasteiger partial charge in [0.2, 0.25) is 5.91 Å². The highest BCUT2D eigenvalue weighted by Crippen LogP contribution is 2.34. The molecule has 1 aliphatic rings. The Hall–Kier alpha value is -2.63. The van der Waals surface area contributed by atoms with E-state index in [-0.39, 0.29) is 5.91 Å². The van der Waals surface area contributed by atoms with Crippen LogP contribution < -0.4 is 15.4 Å². The summed E-state index contributed by atoms with van der Waals surface area (Å²) in [5, 5.41) is 0. The molecule has 0 saturated carbocycles. The Kier molecular flexibility index (Phi) is 2.98. The summed E-state index contributed by atoms with van der Waals surface area (Å²) in [6, 6.07) is 7.31. The van der Waals surface area contributed by atoms with E-state index in [9.17, 15) is 4.79 Å². The van der Waals surface area contributed by atoms with E-state index in [0.717, 1.165) is 11.3 Å². The van der Waals surface area contributed by atoms with Gasteiger partial charge < -0.3 is 15.4 Å². The van der Waals surface area contributed by atoms with Crippen molar-refractivity contribution < 1.29 is 9.53 Å². The number of fused-ring (bicyclic) bond motifs is 1. The first kappa shape index (κ1) is 12.4. The second kappa shape index (κ2) is 4.80. The minimum Gasteiger partial charge on any atom is -0.491 e. The Morgan fingerprint density at radius 3 is 2.95 bits per heavy atom. The molecule has 1 aliphatic heterocycles. The molecule has 0 saturated heterocycles. The number of nitrogens with zero attached hydrogens (tertiary/aromatic N) is 3. The molecule has 0 bridgehead atoms. The zero-order valence-electron chi connectivity index (χ0n) is 11.0. The van der Waals surface area contributed by atoms with E-state index in [1.807, 2.05) is 18.2 Å². The Morgan fingerprint density at radius 2 is 2.15 bits per heavy atom. The second-order valence-electron chi connectivity index (χ2n) is 4.56. The van der Waals surface area contributed by atoms with Crippen molar-refractivity contribution in [2.75, 3.05) is 24.3 Å². The van der Waals surface area contributed by atoms with Crippen molar-refractivity contribution in [1.82, 2.24) is 9.97 Å². The van der Waals surface area contributed by atoms with Crippen molar-refractivity contribution in [3.63, 3.8) is 0 Å². The maximum absolute atomic E-state index is 11.9. The van der Waals surface area contributed by atoms with Crippen LogP contribution in [0.5, 0.6) is 5.75 Å². The van der Waals surface area contributed by atoms with Crippen molar-refractivity contribution >= 4 is 17.4 Å². The fourth-order valence-electron chi connectivity index (χ4n) is 2.14. The molecule has 0 aliphatic carbocycles. The minimum absolute atomic E-state index is 0.0306. The third-order valence-electron chi connectivity index (χ3n) is 3.25. The molecule has 3 rings (SSSR count). The first-order valence-corrected chi connectivity index (χ1v) is 6.26. The van der Waals surface area contributed by atoms with Gasteiger partial charge in [0.1, 0.15) is 17.9 Å². The van der Waals surface area contributed by atoms with Gasteiger partial charge in [0.05, 0.1) is 24.4 Å². The number of nitrogens with two attached hydrogens (primary N) is 1. The Morgan fingerprint density at radius 1 is 1.30 bits per heavy atom. The van der Waals surface area contributed by atoms with Crippen molar-refractivity contribution in [2.45, 2.75) is 6.42 Å². The van der Waals surface area contributed by atoms with Gasteiger partial charge >= 0.3 is 0 Å². The van der Waals surface area contributed by atoms with Crippen LogP contribution in [0.3, 0.4) is 0 Å². The van der Waals surface area contributed by atoms with E-state index in [2.05, 4.69) is 9.97 Å². The number of rotatable bonds is 1. The molecule has 0 fully saturated rings. The van der Waals surface area contributed by atoms with Gasteiger partial charge in [-0.25, -0.2) is 9.97 Å². The molecule has 0 radical (unpaired) electrons. The monoisotopic (exact) mass is 270 g/mol. The summed E-state index contributed by atoms with van der Waals surface area (Å²) in [6.07, 6.45) is 1.79. The van der Waals surface area contributed by atoms with E-state index >= 15 is 0 Å². The highest BCUT2D eigenvalue weighted by molar-refractivity contribution is 5.95. The third kappa shape index (κ3) is 2.16. The van der Waals surface area contributed by atoms with Crippen molar-refractivity contribution in [3.8, 4) is 17.0 Å². The van der Waals surface area contributed by atoms with Crippen molar-refractivity contribution in [3.05, 3.63) is 30.6 Å². The predicted molar refractivity (Wildman–Crippen MR) is 75.4 cm³/mol. The van der Waals surface area contributed by atoms with Crippen LogP contribution in [0.25, 0.3) is 11.3 Å². The minimum atomic E-state index is 0.0306. The third-order valence-corrected chi connectivity index (χ3v) is 3.25. The van der Waals surface area contributed by atoms with Crippen LogP contribution in [0, 0.1) is 0 Å². The van der Waals surface area contributed by atoms with Gasteiger partial charge in [-0.05, 0) is 18.2 Å². The molecule has 102 valence electrons. The molecule has 1 aromatic heterocycles. The zero-order valence-corrected chi connectivity index (χ0v) is 11.0. The summed E-state index contributed by atoms with van der Waals surface area (Å²) >= 11 is 0. The van der Waals surface area contributed by atoms with Crippen LogP contribution in [0.4, 0.5) is 11.5 Å². The van der Waals surface area contributed by atoms with Crippen LogP contribution in [-0.2, 0) is 4.79 Å². The van der Waals surface area contributed by atoms with Crippen molar-refractivity contribution in [2.24, 2.45) is 0 Å². The van der Waals surface area contributed by atoms with E-state index in [0.29, 0.717) is 30.3 Å². The van der Waals surface area contributed by atoms with E-state index in [1.165, 1.54) is 6.33 Å². The largest absolute Gasteiger partial charge is 0.491 e. The smallest absolute Gasteiger partial charge is 0.230 e. The lowest BCUT2D eigenvalue weighted by Gasteiger charge is -2.17. The number of ether oxygens (including phenoxy) is 1. The second-order valence-corrected chi connectivity index (χ2v) is 4.56. The summed E-state index contributed by atoms with van der Waals surface area (Å²) in [7, 11) is 1.74. The molecule has 1 amide bonds. The number of carbonyl (C=O) groups is 1. The average Bonchev–Trinajstić information content (AvgIpc) is 2.59. The molecular weight excluding hydrogens is 256 g/mol. The van der Waals surface area contributed by atoms with Gasteiger partial charge in [-0.3, -0.25) is 4.79 Å². The standard InChI is InChI=1S/C14H14N4O2/c1-18-11-6-9(10-7-13(15)17-8-16-10)2-3-12(11)20-5-4-14(18)19/h2-3,6-8H,4-5H2,1H3,(H2,15,16,17). The van der Waals surface area contributed by atoms with Gasteiger partial charge in [-0.1, -0.05) is 0 Å². The number of carbonyl (C=O) groups excluding carboxylic acids is 1. The SMILES string of the molecule is CN1C(=O)CCOc2ccc(-c3cc(N)ncn3)cc21. The first-order chi connectivity index (χ1) is 9.65. The summed E-state index contributed by atoms with van der Waals surface area (Å²) in [4.78, 5) is 21.5. The van der Waals surface area contributed by atoms with E-state index in [1.54, 1.807) is 18.0 Å². The number of amides is 1. The maximum Gasteiger partial charge on any atom is 0.230 e. The fraction of sp³-hybridized carbons (Fsp3) is 0.214. The molecule has 1 aromatic carbocycles. The molecule has 0 unspecified atom stereocenters. The number of hydrogen-bond donors (Lipinski definition) is 1. The maximum atomic E-state index is 11.9. The molecule has 0 atom stereocenters. The summed E-state index contributed by atoms with van der Waals surface area (Å²) in [5.74, 6) is 1.14. The van der Waals surface area contributed by atoms with Gasteiger partial charge in [0.15, 0.2) is 0 Å². The van der Waals surface area contributed by atoms with Gasteiger partial charge in [0.25, 0.3) is 0 Å². The molecule has 20 heavy (non-hydrogen) atoms. The predicted octanol–water partition coefficient (Wildman–Crippen LogP) is 1.47. The number of nitrogen functional groups attached to an aromatic ring is 1. The molecule has 2 N–H and O–H groups in total. The zero-order chi connectivity index (χ0) is 14.1. The molecule has 6 heteroatoms. The lowest BCUT2D eigenvalue weighted by atomic mass is 10.1. The Balaban J connectivity index is 2.08. The lowest BCUT2D eigenvalue weighted by Crippen LogP contribution is -2.25. The number of hydrogen-bond acceptors (Lipinski definition) is 5. The van der Waals surface area contributed by atoms with Crippen LogP contribution in [0.1, 0.15) is 6.42 Å². The van der Waals surface area contributed by atoms with E-state index in [4.69, 9.17) is 10.5 Å². The van der Waals surface area contributed by atoms with Crippen LogP contribution >= 0.6 is 0 Å². The summed E-state index contributed by atoms with van der Waals surface area (Å²) in [6.45, 7) is 0.399. The normalized spacial score (nSPS) is 14.4. The van der Waals surface area contributed by atoms with E-state index < -0.39 is 0 Å². The number of benzene rings is 1. The van der Waals surface area contributed by atoms with Gasteiger partial charge in [-0.15, -0.1) is 0 Å². The highest BCUT2D eigenvalue weighted by atomic mass is 16.5. The molecule has 2 aromatic rings. The first-order valence-electron chi connectivity index (χ1n) is 6.26. The molecular formula is C14H14N4O2. The van der Waals surface area contributed by atoms with Crippen LogP contribution in [-0.4, -0.2) is 29.5 Å². The van der Waals surface area contributed by atoms with Crippen LogP contribution in [0.2, 0.25) is 0 Å². The summed E-state index contributed by atoms with van der Waals surface area (Å²) < 4.78 is 5.58. The Bertz CT molecular complexity index is 672. The van der Waals surface area contributed by atoms with Crippen molar-refractivity contribution in [1.29, 1.82) is 0 Å². The van der Waals surface area contributed by atoms with Gasteiger partial charge in [0, 0.05) is 18.7 Å².